The predicted octanol–water partition coefficient (Wildman–Crippen LogP) is 3.04. The van der Waals surface area contributed by atoms with Gasteiger partial charge in [0.25, 0.3) is 0 Å². The summed E-state index contributed by atoms with van der Waals surface area (Å²) in [6.07, 6.45) is 3.49. The molecule has 3 N–H and O–H groups in total. The van der Waals surface area contributed by atoms with Crippen LogP contribution >= 0.6 is 0 Å². The van der Waals surface area contributed by atoms with Crippen LogP contribution in [-0.2, 0) is 11.3 Å². The van der Waals surface area contributed by atoms with Gasteiger partial charge in [-0.1, -0.05) is 30.3 Å². The molecule has 0 unspecified atom stereocenters. The lowest BCUT2D eigenvalue weighted by molar-refractivity contribution is -0.119. The summed E-state index contributed by atoms with van der Waals surface area (Å²) in [4.78, 5) is 19.3. The summed E-state index contributed by atoms with van der Waals surface area (Å²) in [5, 5.41) is 14.9. The number of nitrogens with one attached hydrogen (secondary N) is 3. The highest BCUT2D eigenvalue weighted by Gasteiger charge is 2.25. The Bertz CT molecular complexity index is 1170. The van der Waals surface area contributed by atoms with Crippen molar-refractivity contribution in [1.82, 2.24) is 25.4 Å². The Morgan fingerprint density at radius 1 is 1.10 bits per heavy atom. The number of rotatable bonds is 5. The van der Waals surface area contributed by atoms with E-state index in [2.05, 4.69) is 42.8 Å². The summed E-state index contributed by atoms with van der Waals surface area (Å²) in [7, 11) is 0. The second-order valence-corrected chi connectivity index (χ2v) is 7.79. The molecule has 0 bridgehead atoms. The van der Waals surface area contributed by atoms with E-state index >= 15 is 0 Å². The molecule has 1 saturated heterocycles. The number of piperazine rings is 1. The van der Waals surface area contributed by atoms with Crippen molar-refractivity contribution in [3.8, 4) is 11.3 Å². The molecule has 0 radical (unpaired) electrons. The van der Waals surface area contributed by atoms with Gasteiger partial charge in [0.15, 0.2) is 0 Å². The number of fused-ring (bicyclic) bond motifs is 1. The lowest BCUT2D eigenvalue weighted by Gasteiger charge is -2.33. The van der Waals surface area contributed by atoms with E-state index in [1.54, 1.807) is 12.4 Å². The van der Waals surface area contributed by atoms with E-state index in [4.69, 9.17) is 0 Å². The molecular formula is C24H24N6O. The minimum Gasteiger partial charge on any atom is -0.325 e. The van der Waals surface area contributed by atoms with Crippen molar-refractivity contribution in [3.05, 3.63) is 78.6 Å². The number of pyridine rings is 1. The summed E-state index contributed by atoms with van der Waals surface area (Å²) >= 11 is 0. The molecule has 1 aliphatic rings. The number of anilines is 1. The van der Waals surface area contributed by atoms with E-state index in [-0.39, 0.29) is 11.9 Å². The summed E-state index contributed by atoms with van der Waals surface area (Å²) in [5.41, 5.74) is 4.77. The van der Waals surface area contributed by atoms with Gasteiger partial charge in [-0.05, 0) is 35.9 Å². The number of aromatic nitrogens is 3. The van der Waals surface area contributed by atoms with Gasteiger partial charge in [-0.3, -0.25) is 19.8 Å². The van der Waals surface area contributed by atoms with Crippen LogP contribution in [0.15, 0.2) is 73.1 Å². The highest BCUT2D eigenvalue weighted by atomic mass is 16.2. The third kappa shape index (κ3) is 4.33. The number of nitrogens with zero attached hydrogens (tertiary/aromatic N) is 3. The molecule has 156 valence electrons. The Morgan fingerprint density at radius 2 is 1.94 bits per heavy atom. The molecule has 1 aliphatic heterocycles. The van der Waals surface area contributed by atoms with E-state index in [9.17, 15) is 4.79 Å². The molecule has 0 saturated carbocycles. The van der Waals surface area contributed by atoms with Gasteiger partial charge in [-0.15, -0.1) is 0 Å². The number of carbonyl (C=O) groups is 1. The maximum Gasteiger partial charge on any atom is 0.242 e. The standard InChI is InChI=1S/C24H24N6O/c31-24(22-16-30(13-12-26-22)15-17-4-2-1-3-5-17)27-19-6-7-21-20(14-19)23(29-28-21)18-8-10-25-11-9-18/h1-11,14,22,26H,12-13,15-16H2,(H,27,31)(H,28,29)/t22-/m1/s1. The Balaban J connectivity index is 1.29. The van der Waals surface area contributed by atoms with Crippen molar-refractivity contribution in [3.63, 3.8) is 0 Å². The first-order valence-electron chi connectivity index (χ1n) is 10.5. The maximum atomic E-state index is 13.0. The number of H-pyrrole nitrogens is 1. The number of amides is 1. The van der Waals surface area contributed by atoms with Gasteiger partial charge in [-0.25, -0.2) is 0 Å². The van der Waals surface area contributed by atoms with Crippen molar-refractivity contribution in [1.29, 1.82) is 0 Å². The Labute approximate surface area is 180 Å². The zero-order valence-electron chi connectivity index (χ0n) is 17.1. The first-order valence-corrected chi connectivity index (χ1v) is 10.5. The van der Waals surface area contributed by atoms with Crippen LogP contribution in [0, 0.1) is 0 Å². The Kier molecular flexibility index (Phi) is 5.43. The zero-order valence-corrected chi connectivity index (χ0v) is 17.1. The second-order valence-electron chi connectivity index (χ2n) is 7.79. The summed E-state index contributed by atoms with van der Waals surface area (Å²) in [6.45, 7) is 3.24. The molecule has 7 nitrogen and oxygen atoms in total. The van der Waals surface area contributed by atoms with Gasteiger partial charge in [0.2, 0.25) is 5.91 Å². The van der Waals surface area contributed by atoms with Crippen molar-refractivity contribution < 1.29 is 4.79 Å². The smallest absolute Gasteiger partial charge is 0.242 e. The van der Waals surface area contributed by atoms with Crippen molar-refractivity contribution in [2.75, 3.05) is 25.0 Å². The van der Waals surface area contributed by atoms with Crippen LogP contribution in [0.2, 0.25) is 0 Å². The predicted molar refractivity (Wildman–Crippen MR) is 121 cm³/mol. The zero-order chi connectivity index (χ0) is 21.0. The molecule has 2 aromatic carbocycles. The van der Waals surface area contributed by atoms with Gasteiger partial charge in [0.1, 0.15) is 5.69 Å². The molecule has 31 heavy (non-hydrogen) atoms. The van der Waals surface area contributed by atoms with E-state index in [0.717, 1.165) is 47.5 Å². The minimum absolute atomic E-state index is 0.0222. The molecule has 1 atom stereocenters. The number of aromatic amines is 1. The van der Waals surface area contributed by atoms with Crippen molar-refractivity contribution in [2.45, 2.75) is 12.6 Å². The Morgan fingerprint density at radius 3 is 2.77 bits per heavy atom. The molecule has 4 aromatic rings. The quantitative estimate of drug-likeness (QED) is 0.469. The van der Waals surface area contributed by atoms with Crippen LogP contribution in [0.5, 0.6) is 0 Å². The van der Waals surface area contributed by atoms with Gasteiger partial charge in [0.05, 0.1) is 11.6 Å². The SMILES string of the molecule is O=C(Nc1ccc2[nH]nc(-c3ccncc3)c2c1)[C@H]1CN(Cc2ccccc2)CCN1. The fourth-order valence-corrected chi connectivity index (χ4v) is 4.02. The Hall–Kier alpha value is -3.55. The minimum atomic E-state index is -0.253. The van der Waals surface area contributed by atoms with Crippen molar-refractivity contribution >= 4 is 22.5 Å². The fraction of sp³-hybridized carbons (Fsp3) is 0.208. The van der Waals surface area contributed by atoms with Crippen LogP contribution < -0.4 is 10.6 Å². The summed E-state index contributed by atoms with van der Waals surface area (Å²) in [6, 6.07) is 19.8. The average molecular weight is 412 g/mol. The molecule has 0 spiro atoms. The van der Waals surface area contributed by atoms with E-state index in [1.165, 1.54) is 5.56 Å². The molecule has 0 aliphatic carbocycles. The number of benzene rings is 2. The normalized spacial score (nSPS) is 17.0. The fourth-order valence-electron chi connectivity index (χ4n) is 4.02. The highest BCUT2D eigenvalue weighted by Crippen LogP contribution is 2.28. The monoisotopic (exact) mass is 412 g/mol. The van der Waals surface area contributed by atoms with Gasteiger partial charge < -0.3 is 10.6 Å². The first kappa shape index (κ1) is 19.4. The molecule has 2 aromatic heterocycles. The molecule has 1 amide bonds. The maximum absolute atomic E-state index is 13.0. The van der Waals surface area contributed by atoms with Crippen LogP contribution in [0.1, 0.15) is 5.56 Å². The number of hydrogen-bond donors (Lipinski definition) is 3. The third-order valence-corrected chi connectivity index (χ3v) is 5.61. The molecular weight excluding hydrogens is 388 g/mol. The molecule has 7 heteroatoms. The third-order valence-electron chi connectivity index (χ3n) is 5.61. The topological polar surface area (TPSA) is 85.9 Å². The van der Waals surface area contributed by atoms with Gasteiger partial charge >= 0.3 is 0 Å². The number of carbonyl (C=O) groups excluding carboxylic acids is 1. The van der Waals surface area contributed by atoms with Crippen molar-refractivity contribution in [2.24, 2.45) is 0 Å². The van der Waals surface area contributed by atoms with Crippen LogP contribution in [0.25, 0.3) is 22.2 Å². The highest BCUT2D eigenvalue weighted by molar-refractivity contribution is 6.00. The average Bonchev–Trinajstić information content (AvgIpc) is 3.24. The van der Waals surface area contributed by atoms with E-state index in [1.807, 2.05) is 48.5 Å². The lowest BCUT2D eigenvalue weighted by atomic mass is 10.1. The van der Waals surface area contributed by atoms with Crippen LogP contribution in [0.4, 0.5) is 5.69 Å². The number of hydrogen-bond acceptors (Lipinski definition) is 5. The second kappa shape index (κ2) is 8.67. The molecule has 1 fully saturated rings. The molecule has 5 rings (SSSR count). The largest absolute Gasteiger partial charge is 0.325 e. The van der Waals surface area contributed by atoms with Gasteiger partial charge in [0, 0.05) is 55.2 Å². The molecule has 3 heterocycles. The summed E-state index contributed by atoms with van der Waals surface area (Å²) < 4.78 is 0. The van der Waals surface area contributed by atoms with E-state index < -0.39 is 0 Å². The van der Waals surface area contributed by atoms with E-state index in [0.29, 0.717) is 6.54 Å². The van der Waals surface area contributed by atoms with Gasteiger partial charge in [-0.2, -0.15) is 5.10 Å². The summed E-state index contributed by atoms with van der Waals surface area (Å²) in [5.74, 6) is -0.0222. The van der Waals surface area contributed by atoms with Crippen LogP contribution in [-0.4, -0.2) is 51.7 Å². The van der Waals surface area contributed by atoms with Crippen LogP contribution in [0.3, 0.4) is 0 Å². The lowest BCUT2D eigenvalue weighted by Crippen LogP contribution is -2.55. The first-order chi connectivity index (χ1) is 15.3.